The van der Waals surface area contributed by atoms with Crippen molar-refractivity contribution in [2.75, 3.05) is 13.1 Å². The fraction of sp³-hybridized carbons (Fsp3) is 0.500. The van der Waals surface area contributed by atoms with Crippen molar-refractivity contribution < 1.29 is 0 Å². The van der Waals surface area contributed by atoms with Crippen molar-refractivity contribution in [2.24, 2.45) is 4.99 Å². The molecular formula is C10H13N3. The van der Waals surface area contributed by atoms with Crippen LogP contribution in [0, 0.1) is 0 Å². The van der Waals surface area contributed by atoms with Gasteiger partial charge in [-0.1, -0.05) is 0 Å². The van der Waals surface area contributed by atoms with E-state index < -0.39 is 0 Å². The molecule has 1 unspecified atom stereocenters. The van der Waals surface area contributed by atoms with Crippen LogP contribution in [0.1, 0.15) is 12.8 Å². The molecule has 3 nitrogen and oxygen atoms in total. The van der Waals surface area contributed by atoms with Gasteiger partial charge in [-0.25, -0.2) is 0 Å². The largest absolute Gasteiger partial charge is 0.385 e. The Hall–Kier alpha value is -1.09. The first-order valence-corrected chi connectivity index (χ1v) is 4.90. The van der Waals surface area contributed by atoms with E-state index in [9.17, 15) is 0 Å². The second-order valence-corrected chi connectivity index (χ2v) is 3.69. The number of allylic oxidation sites excluding steroid dienone is 2. The molecule has 1 aliphatic carbocycles. The Balaban J connectivity index is 2.05. The fourth-order valence-corrected chi connectivity index (χ4v) is 2.29. The Morgan fingerprint density at radius 1 is 1.38 bits per heavy atom. The van der Waals surface area contributed by atoms with Gasteiger partial charge in [0.2, 0.25) is 0 Å². The summed E-state index contributed by atoms with van der Waals surface area (Å²) >= 11 is 0. The topological polar surface area (TPSA) is 36.4 Å². The van der Waals surface area contributed by atoms with Crippen molar-refractivity contribution in [3.63, 3.8) is 0 Å². The molecule has 2 heterocycles. The summed E-state index contributed by atoms with van der Waals surface area (Å²) in [5.74, 6) is 0. The van der Waals surface area contributed by atoms with Gasteiger partial charge in [0.25, 0.3) is 0 Å². The molecule has 13 heavy (non-hydrogen) atoms. The van der Waals surface area contributed by atoms with Gasteiger partial charge in [-0.05, 0) is 18.9 Å². The first-order chi connectivity index (χ1) is 6.45. The maximum atomic E-state index is 4.36. The van der Waals surface area contributed by atoms with Gasteiger partial charge in [-0.3, -0.25) is 4.99 Å². The molecule has 0 bridgehead atoms. The second-order valence-electron chi connectivity index (χ2n) is 3.69. The number of piperazine rings is 1. The molecule has 1 saturated heterocycles. The monoisotopic (exact) mass is 175 g/mol. The molecule has 2 N–H and O–H groups in total. The third kappa shape index (κ3) is 1.04. The number of hydrogen-bond donors (Lipinski definition) is 2. The van der Waals surface area contributed by atoms with E-state index >= 15 is 0 Å². The Bertz CT molecular complexity index is 325. The predicted molar refractivity (Wildman–Crippen MR) is 52.6 cm³/mol. The highest BCUT2D eigenvalue weighted by molar-refractivity contribution is 6.06. The molecule has 68 valence electrons. The minimum atomic E-state index is 0.547. The predicted octanol–water partition coefficient (Wildman–Crippen LogP) is 0.564. The first kappa shape index (κ1) is 7.33. The number of fused-ring (bicyclic) bond motifs is 2. The normalized spacial score (nSPS) is 30.8. The zero-order valence-corrected chi connectivity index (χ0v) is 7.51. The van der Waals surface area contributed by atoms with E-state index in [1.54, 1.807) is 0 Å². The van der Waals surface area contributed by atoms with E-state index in [-0.39, 0.29) is 0 Å². The van der Waals surface area contributed by atoms with Crippen LogP contribution in [0.25, 0.3) is 0 Å². The highest BCUT2D eigenvalue weighted by Gasteiger charge is 2.28. The summed E-state index contributed by atoms with van der Waals surface area (Å²) in [6.45, 7) is 2.12. The highest BCUT2D eigenvalue weighted by Crippen LogP contribution is 2.26. The number of hydrogen-bond acceptors (Lipinski definition) is 3. The molecular weight excluding hydrogens is 162 g/mol. The van der Waals surface area contributed by atoms with Crippen molar-refractivity contribution >= 4 is 5.71 Å². The number of aliphatic imine (C=N–C) groups is 1. The van der Waals surface area contributed by atoms with Gasteiger partial charge in [-0.2, -0.15) is 0 Å². The van der Waals surface area contributed by atoms with Crippen LogP contribution in [0.15, 0.2) is 28.5 Å². The van der Waals surface area contributed by atoms with Crippen molar-refractivity contribution in [1.29, 1.82) is 0 Å². The lowest BCUT2D eigenvalue weighted by Crippen LogP contribution is -2.49. The maximum absolute atomic E-state index is 4.36. The van der Waals surface area contributed by atoms with Crippen molar-refractivity contribution in [3.8, 4) is 0 Å². The van der Waals surface area contributed by atoms with Gasteiger partial charge in [0.15, 0.2) is 0 Å². The van der Waals surface area contributed by atoms with E-state index in [0.717, 1.165) is 19.5 Å². The lowest BCUT2D eigenvalue weighted by molar-refractivity contribution is 0.455. The minimum Gasteiger partial charge on any atom is -0.385 e. The lowest BCUT2D eigenvalue weighted by atomic mass is 9.90. The average molecular weight is 175 g/mol. The summed E-state index contributed by atoms with van der Waals surface area (Å²) in [4.78, 5) is 4.36. The smallest absolute Gasteiger partial charge is 0.0495 e. The standard InChI is InChI=1S/C10H13N3/c1-2-9-10(13-6-5-12-9)7-3-4-11-8(1)7/h3-4,9,12-13H,1-2,5-6H2. The molecule has 0 amide bonds. The second kappa shape index (κ2) is 2.70. The average Bonchev–Trinajstić information content (AvgIpc) is 2.65. The maximum Gasteiger partial charge on any atom is 0.0495 e. The molecule has 3 aliphatic rings. The zero-order valence-electron chi connectivity index (χ0n) is 7.51. The Morgan fingerprint density at radius 3 is 3.38 bits per heavy atom. The van der Waals surface area contributed by atoms with Crippen molar-refractivity contribution in [3.05, 3.63) is 23.5 Å². The Morgan fingerprint density at radius 2 is 2.38 bits per heavy atom. The van der Waals surface area contributed by atoms with Crippen LogP contribution in [0.3, 0.4) is 0 Å². The molecule has 0 aromatic rings. The summed E-state index contributed by atoms with van der Waals surface area (Å²) in [5.41, 5.74) is 3.97. The van der Waals surface area contributed by atoms with E-state index in [4.69, 9.17) is 0 Å². The third-order valence-electron chi connectivity index (χ3n) is 2.92. The van der Waals surface area contributed by atoms with E-state index in [1.807, 2.05) is 6.20 Å². The van der Waals surface area contributed by atoms with E-state index in [0.29, 0.717) is 6.04 Å². The Kier molecular flexibility index (Phi) is 1.52. The van der Waals surface area contributed by atoms with E-state index in [1.165, 1.54) is 23.4 Å². The van der Waals surface area contributed by atoms with E-state index in [2.05, 4.69) is 21.7 Å². The minimum absolute atomic E-state index is 0.547. The first-order valence-electron chi connectivity index (χ1n) is 4.90. The van der Waals surface area contributed by atoms with Gasteiger partial charge >= 0.3 is 0 Å². The Labute approximate surface area is 77.6 Å². The van der Waals surface area contributed by atoms with Crippen LogP contribution in [-0.4, -0.2) is 24.8 Å². The lowest BCUT2D eigenvalue weighted by Gasteiger charge is -2.33. The van der Waals surface area contributed by atoms with Gasteiger partial charge in [0.1, 0.15) is 0 Å². The molecule has 0 spiro atoms. The molecule has 2 aliphatic heterocycles. The van der Waals surface area contributed by atoms with Crippen LogP contribution in [0.5, 0.6) is 0 Å². The van der Waals surface area contributed by atoms with Crippen LogP contribution in [0.2, 0.25) is 0 Å². The van der Waals surface area contributed by atoms with Crippen molar-refractivity contribution in [1.82, 2.24) is 10.6 Å². The molecule has 0 aromatic carbocycles. The molecule has 3 heteroatoms. The van der Waals surface area contributed by atoms with Gasteiger partial charge in [-0.15, -0.1) is 0 Å². The molecule has 3 rings (SSSR count). The van der Waals surface area contributed by atoms with Gasteiger partial charge < -0.3 is 10.6 Å². The number of rotatable bonds is 0. The summed E-state index contributed by atoms with van der Waals surface area (Å²) in [7, 11) is 0. The van der Waals surface area contributed by atoms with Gasteiger partial charge in [0.05, 0.1) is 0 Å². The zero-order chi connectivity index (χ0) is 8.67. The quantitative estimate of drug-likeness (QED) is 0.564. The van der Waals surface area contributed by atoms with Crippen LogP contribution < -0.4 is 10.6 Å². The molecule has 0 radical (unpaired) electrons. The molecule has 1 fully saturated rings. The van der Waals surface area contributed by atoms with Crippen LogP contribution in [-0.2, 0) is 0 Å². The van der Waals surface area contributed by atoms with Crippen LogP contribution >= 0.6 is 0 Å². The van der Waals surface area contributed by atoms with Crippen molar-refractivity contribution in [2.45, 2.75) is 18.9 Å². The highest BCUT2D eigenvalue weighted by atomic mass is 15.1. The number of nitrogens with zero attached hydrogens (tertiary/aromatic N) is 1. The SMILES string of the molecule is C1=CC2=C3NCCNC3CCC2=N1. The number of nitrogens with one attached hydrogen (secondary N) is 2. The summed E-state index contributed by atoms with van der Waals surface area (Å²) < 4.78 is 0. The third-order valence-corrected chi connectivity index (χ3v) is 2.92. The van der Waals surface area contributed by atoms with Crippen LogP contribution in [0.4, 0.5) is 0 Å². The fourth-order valence-electron chi connectivity index (χ4n) is 2.29. The summed E-state index contributed by atoms with van der Waals surface area (Å²) in [6, 6.07) is 0.547. The molecule has 0 saturated carbocycles. The summed E-state index contributed by atoms with van der Waals surface area (Å²) in [6.07, 6.45) is 6.34. The summed E-state index contributed by atoms with van der Waals surface area (Å²) in [5, 5.41) is 7.00. The molecule has 0 aromatic heterocycles. The molecule has 1 atom stereocenters. The van der Waals surface area contributed by atoms with Gasteiger partial charge in [0, 0.05) is 42.3 Å².